The van der Waals surface area contributed by atoms with Gasteiger partial charge in [0.1, 0.15) is 6.10 Å². The molecule has 2 atom stereocenters. The van der Waals surface area contributed by atoms with Crippen LogP contribution in [-0.4, -0.2) is 12.1 Å². The van der Waals surface area contributed by atoms with Crippen LogP contribution in [0.5, 0.6) is 0 Å². The van der Waals surface area contributed by atoms with Gasteiger partial charge in [-0.3, -0.25) is 0 Å². The summed E-state index contributed by atoms with van der Waals surface area (Å²) in [6.45, 7) is 3.93. The fourth-order valence-corrected chi connectivity index (χ4v) is 3.12. The van der Waals surface area contributed by atoms with E-state index in [0.29, 0.717) is 5.57 Å². The van der Waals surface area contributed by atoms with E-state index in [1.54, 1.807) is 0 Å². The van der Waals surface area contributed by atoms with Gasteiger partial charge in [-0.05, 0) is 38.5 Å². The molecule has 0 aromatic heterocycles. The van der Waals surface area contributed by atoms with E-state index >= 15 is 0 Å². The van der Waals surface area contributed by atoms with Gasteiger partial charge in [-0.15, -0.1) is 0 Å². The standard InChI is InChI=1S/C17H26O2/c1-14-15-12-10-8-6-4-2-3-5-7-9-11-13-16(15)19-17(14)18/h5,7,15-16H,1-4,6,8-13H2/b7-5-/t15-,16+/m0/s1. The SMILES string of the molecule is C=C1C(=O)O[C@@H]2CCC/C=C\CCCCCCC[C@@H]12. The minimum atomic E-state index is -0.158. The fraction of sp³-hybridized carbons (Fsp3) is 0.706. The predicted octanol–water partition coefficient (Wildman–Crippen LogP) is 4.56. The third kappa shape index (κ3) is 4.22. The number of ether oxygens (including phenoxy) is 1. The highest BCUT2D eigenvalue weighted by molar-refractivity contribution is 5.90. The highest BCUT2D eigenvalue weighted by atomic mass is 16.6. The largest absolute Gasteiger partial charge is 0.458 e. The van der Waals surface area contributed by atoms with Gasteiger partial charge in [0, 0.05) is 11.5 Å². The van der Waals surface area contributed by atoms with Crippen LogP contribution >= 0.6 is 0 Å². The molecule has 0 aromatic rings. The van der Waals surface area contributed by atoms with E-state index < -0.39 is 0 Å². The topological polar surface area (TPSA) is 26.3 Å². The average Bonchev–Trinajstić information content (AvgIpc) is 2.67. The minimum Gasteiger partial charge on any atom is -0.458 e. The first-order chi connectivity index (χ1) is 9.29. The summed E-state index contributed by atoms with van der Waals surface area (Å²) in [5, 5.41) is 0. The smallest absolute Gasteiger partial charge is 0.334 e. The number of hydrogen-bond donors (Lipinski definition) is 0. The molecule has 0 amide bonds. The molecule has 106 valence electrons. The first kappa shape index (κ1) is 14.4. The van der Waals surface area contributed by atoms with Crippen LogP contribution in [0.1, 0.15) is 64.2 Å². The number of allylic oxidation sites excluding steroid dienone is 2. The van der Waals surface area contributed by atoms with E-state index in [1.165, 1.54) is 38.5 Å². The Morgan fingerprint density at radius 3 is 2.47 bits per heavy atom. The average molecular weight is 262 g/mol. The summed E-state index contributed by atoms with van der Waals surface area (Å²) < 4.78 is 5.47. The van der Waals surface area contributed by atoms with Crippen LogP contribution in [0, 0.1) is 5.92 Å². The Hall–Kier alpha value is -1.05. The molecule has 0 radical (unpaired) electrons. The number of esters is 1. The van der Waals surface area contributed by atoms with E-state index in [0.717, 1.165) is 25.7 Å². The minimum absolute atomic E-state index is 0.0938. The van der Waals surface area contributed by atoms with Gasteiger partial charge in [0.15, 0.2) is 0 Å². The van der Waals surface area contributed by atoms with Crippen molar-refractivity contribution in [3.05, 3.63) is 24.3 Å². The van der Waals surface area contributed by atoms with Gasteiger partial charge in [-0.2, -0.15) is 0 Å². The van der Waals surface area contributed by atoms with Crippen molar-refractivity contribution in [3.63, 3.8) is 0 Å². The van der Waals surface area contributed by atoms with Gasteiger partial charge in [0.2, 0.25) is 0 Å². The van der Waals surface area contributed by atoms with Crippen molar-refractivity contribution in [1.29, 1.82) is 0 Å². The molecule has 2 rings (SSSR count). The maximum Gasteiger partial charge on any atom is 0.334 e. The molecule has 0 bridgehead atoms. The molecule has 2 nitrogen and oxygen atoms in total. The van der Waals surface area contributed by atoms with E-state index in [4.69, 9.17) is 4.74 Å². The Balaban J connectivity index is 1.92. The Morgan fingerprint density at radius 2 is 1.63 bits per heavy atom. The molecule has 1 aliphatic carbocycles. The number of hydrogen-bond acceptors (Lipinski definition) is 2. The number of carbonyl (C=O) groups is 1. The summed E-state index contributed by atoms with van der Waals surface area (Å²) in [4.78, 5) is 11.6. The maximum atomic E-state index is 11.6. The molecule has 0 aromatic carbocycles. The normalized spacial score (nSPS) is 32.2. The number of fused-ring (bicyclic) bond motifs is 1. The maximum absolute atomic E-state index is 11.6. The lowest BCUT2D eigenvalue weighted by molar-refractivity contribution is -0.139. The summed E-state index contributed by atoms with van der Waals surface area (Å²) >= 11 is 0. The highest BCUT2D eigenvalue weighted by Crippen LogP contribution is 2.34. The predicted molar refractivity (Wildman–Crippen MR) is 77.8 cm³/mol. The lowest BCUT2D eigenvalue weighted by Gasteiger charge is -2.17. The second kappa shape index (κ2) is 7.52. The first-order valence-electron chi connectivity index (χ1n) is 7.84. The molecule has 1 saturated heterocycles. The van der Waals surface area contributed by atoms with Crippen LogP contribution in [0.3, 0.4) is 0 Å². The molecule has 19 heavy (non-hydrogen) atoms. The zero-order valence-corrected chi connectivity index (χ0v) is 11.9. The van der Waals surface area contributed by atoms with Crippen molar-refractivity contribution in [2.24, 2.45) is 5.92 Å². The van der Waals surface area contributed by atoms with Crippen LogP contribution in [0.4, 0.5) is 0 Å². The summed E-state index contributed by atoms with van der Waals surface area (Å²) in [6.07, 6.45) is 16.6. The monoisotopic (exact) mass is 262 g/mol. The second-order valence-electron chi connectivity index (χ2n) is 5.82. The van der Waals surface area contributed by atoms with Crippen LogP contribution in [0.15, 0.2) is 24.3 Å². The first-order valence-corrected chi connectivity index (χ1v) is 7.84. The summed E-state index contributed by atoms with van der Waals surface area (Å²) in [6, 6.07) is 0. The molecule has 0 unspecified atom stereocenters. The Bertz CT molecular complexity index is 343. The van der Waals surface area contributed by atoms with Crippen molar-refractivity contribution >= 4 is 5.97 Å². The Kier molecular flexibility index (Phi) is 5.68. The van der Waals surface area contributed by atoms with Crippen LogP contribution in [0.25, 0.3) is 0 Å². The fourth-order valence-electron chi connectivity index (χ4n) is 3.12. The molecule has 0 N–H and O–H groups in total. The van der Waals surface area contributed by atoms with Gasteiger partial charge >= 0.3 is 5.97 Å². The molecule has 0 saturated carbocycles. The molecule has 0 spiro atoms. The molecular formula is C17H26O2. The summed E-state index contributed by atoms with van der Waals surface area (Å²) in [5.41, 5.74) is 0.715. The third-order valence-electron chi connectivity index (χ3n) is 4.33. The Labute approximate surface area is 116 Å². The number of rotatable bonds is 0. The molecule has 1 heterocycles. The van der Waals surface area contributed by atoms with Crippen LogP contribution in [-0.2, 0) is 9.53 Å². The van der Waals surface area contributed by atoms with Crippen molar-refractivity contribution in [2.45, 2.75) is 70.3 Å². The molecule has 2 aliphatic rings. The van der Waals surface area contributed by atoms with E-state index in [-0.39, 0.29) is 18.0 Å². The Morgan fingerprint density at radius 1 is 0.947 bits per heavy atom. The van der Waals surface area contributed by atoms with Gasteiger partial charge in [0.05, 0.1) is 0 Å². The van der Waals surface area contributed by atoms with E-state index in [9.17, 15) is 4.79 Å². The molecule has 1 fully saturated rings. The summed E-state index contributed by atoms with van der Waals surface area (Å²) in [7, 11) is 0. The number of carbonyl (C=O) groups excluding carboxylic acids is 1. The van der Waals surface area contributed by atoms with Crippen molar-refractivity contribution in [1.82, 2.24) is 0 Å². The van der Waals surface area contributed by atoms with Crippen LogP contribution in [0.2, 0.25) is 0 Å². The zero-order chi connectivity index (χ0) is 13.5. The molecule has 1 aliphatic heterocycles. The van der Waals surface area contributed by atoms with Crippen molar-refractivity contribution in [3.8, 4) is 0 Å². The lowest BCUT2D eigenvalue weighted by atomic mass is 9.88. The zero-order valence-electron chi connectivity index (χ0n) is 11.9. The molecule has 2 heteroatoms. The van der Waals surface area contributed by atoms with E-state index in [2.05, 4.69) is 18.7 Å². The van der Waals surface area contributed by atoms with Gasteiger partial charge in [0.25, 0.3) is 0 Å². The second-order valence-corrected chi connectivity index (χ2v) is 5.82. The van der Waals surface area contributed by atoms with Gasteiger partial charge < -0.3 is 4.74 Å². The van der Waals surface area contributed by atoms with E-state index in [1.807, 2.05) is 0 Å². The van der Waals surface area contributed by atoms with Crippen LogP contribution < -0.4 is 0 Å². The molecular weight excluding hydrogens is 236 g/mol. The third-order valence-corrected chi connectivity index (χ3v) is 4.33. The van der Waals surface area contributed by atoms with Crippen molar-refractivity contribution in [2.75, 3.05) is 0 Å². The van der Waals surface area contributed by atoms with Gasteiger partial charge in [-0.25, -0.2) is 4.79 Å². The quantitative estimate of drug-likeness (QED) is 0.363. The summed E-state index contributed by atoms with van der Waals surface area (Å²) in [5.74, 6) is 0.120. The lowest BCUT2D eigenvalue weighted by Crippen LogP contribution is -2.16. The van der Waals surface area contributed by atoms with Crippen molar-refractivity contribution < 1.29 is 9.53 Å². The van der Waals surface area contributed by atoms with Gasteiger partial charge in [-0.1, -0.05) is 44.4 Å². The highest BCUT2D eigenvalue weighted by Gasteiger charge is 2.37.